The lowest BCUT2D eigenvalue weighted by atomic mass is 9.92. The summed E-state index contributed by atoms with van der Waals surface area (Å²) in [4.78, 5) is 12.1. The number of rotatable bonds is 4. The zero-order chi connectivity index (χ0) is 17.1. The lowest BCUT2D eigenvalue weighted by molar-refractivity contribution is -0.135. The molecule has 0 aromatic heterocycles. The van der Waals surface area contributed by atoms with E-state index in [0.717, 1.165) is 16.7 Å². The van der Waals surface area contributed by atoms with Crippen LogP contribution in [0.3, 0.4) is 0 Å². The van der Waals surface area contributed by atoms with E-state index in [-0.39, 0.29) is 11.7 Å². The van der Waals surface area contributed by atoms with Crippen LogP contribution in [0.2, 0.25) is 5.02 Å². The molecule has 2 aromatic rings. The number of esters is 1. The summed E-state index contributed by atoms with van der Waals surface area (Å²) in [5.41, 5.74) is 3.85. The first-order valence-electron chi connectivity index (χ1n) is 7.42. The van der Waals surface area contributed by atoms with Gasteiger partial charge in [-0.3, -0.25) is 0 Å². The van der Waals surface area contributed by atoms with Crippen molar-refractivity contribution >= 4 is 33.8 Å². The SMILES string of the molecule is O=C1OCC/C1=C(/c1ccc(Cl)cc1)c1ccc(C[SH](=O)=O)cc1. The second kappa shape index (κ2) is 7.20. The van der Waals surface area contributed by atoms with Gasteiger partial charge in [-0.2, -0.15) is 0 Å². The molecule has 2 aromatic carbocycles. The van der Waals surface area contributed by atoms with Gasteiger partial charge in [-0.05, 0) is 34.4 Å². The summed E-state index contributed by atoms with van der Waals surface area (Å²) in [5.74, 6) is -0.309. The smallest absolute Gasteiger partial charge is 0.334 e. The van der Waals surface area contributed by atoms with Crippen LogP contribution >= 0.6 is 11.6 Å². The van der Waals surface area contributed by atoms with E-state index in [4.69, 9.17) is 16.3 Å². The zero-order valence-corrected chi connectivity index (χ0v) is 14.3. The van der Waals surface area contributed by atoms with Gasteiger partial charge < -0.3 is 4.74 Å². The number of benzene rings is 2. The van der Waals surface area contributed by atoms with Crippen LogP contribution in [0.1, 0.15) is 23.1 Å². The first-order valence-corrected chi connectivity index (χ1v) is 9.16. The first kappa shape index (κ1) is 16.7. The second-order valence-corrected chi connectivity index (χ2v) is 6.85. The third-order valence-electron chi connectivity index (χ3n) is 3.82. The van der Waals surface area contributed by atoms with Gasteiger partial charge in [0.25, 0.3) is 0 Å². The molecule has 1 heterocycles. The Morgan fingerprint density at radius 3 is 2.08 bits per heavy atom. The summed E-state index contributed by atoms with van der Waals surface area (Å²) in [5, 5.41) is 0.617. The number of cyclic esters (lactones) is 1. The standard InChI is InChI=1S/C18H15ClO4S/c19-15-7-5-14(6-8-15)17(16-9-10-23-18(16)20)13-3-1-12(2-4-13)11-24(21)22/h1-8,24H,9-11H2/b17-16-. The molecular formula is C18H15ClO4S. The van der Waals surface area contributed by atoms with Crippen molar-refractivity contribution in [2.75, 3.05) is 6.61 Å². The minimum atomic E-state index is -2.47. The van der Waals surface area contributed by atoms with E-state index in [1.165, 1.54) is 0 Å². The van der Waals surface area contributed by atoms with E-state index in [1.807, 2.05) is 24.3 Å². The van der Waals surface area contributed by atoms with Crippen LogP contribution in [0.25, 0.3) is 5.57 Å². The molecule has 0 saturated carbocycles. The lowest BCUT2D eigenvalue weighted by Crippen LogP contribution is -2.01. The maximum absolute atomic E-state index is 12.1. The summed E-state index contributed by atoms with van der Waals surface area (Å²) >= 11 is 5.95. The molecule has 0 N–H and O–H groups in total. The van der Waals surface area contributed by atoms with Crippen molar-refractivity contribution in [3.05, 3.63) is 75.8 Å². The molecular weight excluding hydrogens is 348 g/mol. The molecule has 1 aliphatic heterocycles. The van der Waals surface area contributed by atoms with Crippen LogP contribution in [-0.4, -0.2) is 21.0 Å². The highest BCUT2D eigenvalue weighted by Crippen LogP contribution is 2.32. The molecule has 24 heavy (non-hydrogen) atoms. The van der Waals surface area contributed by atoms with Crippen molar-refractivity contribution in [2.24, 2.45) is 0 Å². The molecule has 0 unspecified atom stereocenters. The molecule has 124 valence electrons. The van der Waals surface area contributed by atoms with E-state index >= 15 is 0 Å². The quantitative estimate of drug-likeness (QED) is 0.515. The Morgan fingerprint density at radius 1 is 1.00 bits per heavy atom. The van der Waals surface area contributed by atoms with Crippen LogP contribution in [0.5, 0.6) is 0 Å². The number of carbonyl (C=O) groups excluding carboxylic acids is 1. The maximum Gasteiger partial charge on any atom is 0.334 e. The summed E-state index contributed by atoms with van der Waals surface area (Å²) in [6.45, 7) is 0.375. The Kier molecular flexibility index (Phi) is 5.02. The first-order chi connectivity index (χ1) is 11.5. The molecule has 6 heteroatoms. The molecule has 0 atom stereocenters. The minimum absolute atomic E-state index is 0.00447. The van der Waals surface area contributed by atoms with E-state index in [2.05, 4.69) is 0 Å². The number of halogens is 1. The Balaban J connectivity index is 2.08. The Bertz CT molecular complexity index is 857. The van der Waals surface area contributed by atoms with Crippen LogP contribution in [-0.2, 0) is 26.0 Å². The van der Waals surface area contributed by atoms with Crippen LogP contribution < -0.4 is 0 Å². The highest BCUT2D eigenvalue weighted by molar-refractivity contribution is 7.71. The number of ether oxygens (including phenoxy) is 1. The topological polar surface area (TPSA) is 60.4 Å². The average Bonchev–Trinajstić information content (AvgIpc) is 2.97. The summed E-state index contributed by atoms with van der Waals surface area (Å²) in [6, 6.07) is 14.4. The molecule has 1 aliphatic rings. The van der Waals surface area contributed by atoms with Gasteiger partial charge in [-0.1, -0.05) is 48.0 Å². The van der Waals surface area contributed by atoms with Gasteiger partial charge in [-0.25, -0.2) is 13.2 Å². The minimum Gasteiger partial charge on any atom is -0.462 e. The van der Waals surface area contributed by atoms with Gasteiger partial charge in [0.2, 0.25) is 0 Å². The largest absolute Gasteiger partial charge is 0.462 e. The average molecular weight is 363 g/mol. The number of carbonyl (C=O) groups is 1. The zero-order valence-electron chi connectivity index (χ0n) is 12.7. The van der Waals surface area contributed by atoms with Gasteiger partial charge in [0.15, 0.2) is 0 Å². The van der Waals surface area contributed by atoms with E-state index in [0.29, 0.717) is 29.2 Å². The highest BCUT2D eigenvalue weighted by Gasteiger charge is 2.24. The highest BCUT2D eigenvalue weighted by atomic mass is 35.5. The summed E-state index contributed by atoms with van der Waals surface area (Å²) in [6.07, 6.45) is 0.547. The Labute approximate surface area is 146 Å². The van der Waals surface area contributed by atoms with E-state index in [1.54, 1.807) is 24.3 Å². The predicted molar refractivity (Wildman–Crippen MR) is 93.5 cm³/mol. The molecule has 3 rings (SSSR count). The molecule has 0 bridgehead atoms. The lowest BCUT2D eigenvalue weighted by Gasteiger charge is -2.12. The predicted octanol–water partition coefficient (Wildman–Crippen LogP) is 3.20. The fraction of sp³-hybridized carbons (Fsp3) is 0.167. The molecule has 1 saturated heterocycles. The van der Waals surface area contributed by atoms with Gasteiger partial charge >= 0.3 is 5.97 Å². The van der Waals surface area contributed by atoms with Crippen LogP contribution in [0.15, 0.2) is 54.1 Å². The van der Waals surface area contributed by atoms with Crippen molar-refractivity contribution < 1.29 is 17.9 Å². The third-order valence-corrected chi connectivity index (χ3v) is 4.70. The Morgan fingerprint density at radius 2 is 1.58 bits per heavy atom. The monoisotopic (exact) mass is 362 g/mol. The molecule has 0 aliphatic carbocycles. The molecule has 4 nitrogen and oxygen atoms in total. The molecule has 0 radical (unpaired) electrons. The summed E-state index contributed by atoms with van der Waals surface area (Å²) in [7, 11) is -2.47. The number of thiol groups is 1. The number of hydrogen-bond acceptors (Lipinski definition) is 4. The van der Waals surface area contributed by atoms with E-state index < -0.39 is 10.7 Å². The fourth-order valence-electron chi connectivity index (χ4n) is 2.72. The third kappa shape index (κ3) is 3.68. The van der Waals surface area contributed by atoms with Crippen molar-refractivity contribution in [3.63, 3.8) is 0 Å². The van der Waals surface area contributed by atoms with Crippen molar-refractivity contribution in [2.45, 2.75) is 12.2 Å². The second-order valence-electron chi connectivity index (χ2n) is 5.43. The fourth-order valence-corrected chi connectivity index (χ4v) is 3.35. The molecule has 0 spiro atoms. The van der Waals surface area contributed by atoms with Gasteiger partial charge in [0.1, 0.15) is 10.7 Å². The van der Waals surface area contributed by atoms with Gasteiger partial charge in [0.05, 0.1) is 12.4 Å². The van der Waals surface area contributed by atoms with Gasteiger partial charge in [0, 0.05) is 17.0 Å². The normalized spacial score (nSPS) is 16.3. The van der Waals surface area contributed by atoms with Crippen molar-refractivity contribution in [1.29, 1.82) is 0 Å². The van der Waals surface area contributed by atoms with Crippen molar-refractivity contribution in [1.82, 2.24) is 0 Å². The van der Waals surface area contributed by atoms with E-state index in [9.17, 15) is 13.2 Å². The maximum atomic E-state index is 12.1. The Hall–Kier alpha value is -2.11. The number of hydrogen-bond donors (Lipinski definition) is 1. The van der Waals surface area contributed by atoms with Crippen LogP contribution in [0, 0.1) is 0 Å². The molecule has 0 amide bonds. The van der Waals surface area contributed by atoms with Crippen molar-refractivity contribution in [3.8, 4) is 0 Å². The molecule has 1 fully saturated rings. The summed E-state index contributed by atoms with van der Waals surface area (Å²) < 4.78 is 26.8. The van der Waals surface area contributed by atoms with Crippen LogP contribution in [0.4, 0.5) is 0 Å². The van der Waals surface area contributed by atoms with Gasteiger partial charge in [-0.15, -0.1) is 0 Å².